The van der Waals surface area contributed by atoms with Crippen molar-refractivity contribution in [1.82, 2.24) is 9.88 Å². The molecule has 0 aliphatic carbocycles. The molecule has 0 spiro atoms. The molecule has 1 aromatic heterocycles. The fourth-order valence-corrected chi connectivity index (χ4v) is 2.37. The van der Waals surface area contributed by atoms with Crippen LogP contribution >= 0.6 is 0 Å². The largest absolute Gasteiger partial charge is 0.485 e. The number of hydrogen-bond acceptors (Lipinski definition) is 6. The van der Waals surface area contributed by atoms with E-state index in [4.69, 9.17) is 15.2 Å². The number of nitrogens with two attached hydrogens (primary N) is 1. The summed E-state index contributed by atoms with van der Waals surface area (Å²) >= 11 is 0. The quantitative estimate of drug-likeness (QED) is 0.743. The van der Waals surface area contributed by atoms with Gasteiger partial charge in [-0.1, -0.05) is 30.3 Å². The summed E-state index contributed by atoms with van der Waals surface area (Å²) in [4.78, 5) is 8.83. The molecule has 0 radical (unpaired) electrons. The molecule has 1 aromatic carbocycles. The van der Waals surface area contributed by atoms with Gasteiger partial charge in [-0.05, 0) is 33.5 Å². The van der Waals surface area contributed by atoms with Gasteiger partial charge >= 0.3 is 0 Å². The van der Waals surface area contributed by atoms with Gasteiger partial charge < -0.3 is 25.0 Å². The number of hydrogen-bond donors (Lipinski definition) is 1. The maximum absolute atomic E-state index is 6.14. The molecule has 0 bridgehead atoms. The van der Waals surface area contributed by atoms with Gasteiger partial charge in [0.05, 0.1) is 11.8 Å². The summed E-state index contributed by atoms with van der Waals surface area (Å²) in [5, 5.41) is 0. The molecule has 0 aliphatic heterocycles. The van der Waals surface area contributed by atoms with E-state index in [1.54, 1.807) is 6.07 Å². The second-order valence-electron chi connectivity index (χ2n) is 6.87. The Morgan fingerprint density at radius 2 is 1.77 bits per heavy atom. The summed E-state index contributed by atoms with van der Waals surface area (Å²) in [5.74, 6) is 1.83. The molecule has 0 atom stereocenters. The van der Waals surface area contributed by atoms with Gasteiger partial charge in [-0.2, -0.15) is 4.98 Å². The first kappa shape index (κ1) is 19.8. The normalized spacial score (nSPS) is 11.0. The summed E-state index contributed by atoms with van der Waals surface area (Å²) in [7, 11) is 6.09. The lowest BCUT2D eigenvalue weighted by Gasteiger charge is -2.24. The second-order valence-corrected chi connectivity index (χ2v) is 6.87. The van der Waals surface area contributed by atoms with Crippen LogP contribution in [0.2, 0.25) is 0 Å². The van der Waals surface area contributed by atoms with Crippen molar-refractivity contribution in [3.63, 3.8) is 0 Å². The predicted molar refractivity (Wildman–Crippen MR) is 107 cm³/mol. The zero-order valence-corrected chi connectivity index (χ0v) is 16.4. The minimum absolute atomic E-state index is 0.000758. The van der Waals surface area contributed by atoms with Crippen molar-refractivity contribution in [1.29, 1.82) is 0 Å². The summed E-state index contributed by atoms with van der Waals surface area (Å²) in [6, 6.07) is 11.8. The average Bonchev–Trinajstić information content (AvgIpc) is 2.60. The Morgan fingerprint density at radius 3 is 2.38 bits per heavy atom. The topological polar surface area (TPSA) is 63.8 Å². The van der Waals surface area contributed by atoms with E-state index in [0.29, 0.717) is 23.9 Å². The number of pyridine rings is 1. The van der Waals surface area contributed by atoms with E-state index in [9.17, 15) is 0 Å². The summed E-state index contributed by atoms with van der Waals surface area (Å²) in [5.41, 5.74) is 7.71. The van der Waals surface area contributed by atoms with Crippen molar-refractivity contribution in [2.24, 2.45) is 0 Å². The number of benzene rings is 1. The van der Waals surface area contributed by atoms with E-state index < -0.39 is 0 Å². The van der Waals surface area contributed by atoms with Gasteiger partial charge in [0.2, 0.25) is 5.88 Å². The van der Waals surface area contributed by atoms with Crippen LogP contribution in [0.4, 0.5) is 11.5 Å². The number of aromatic nitrogens is 1. The van der Waals surface area contributed by atoms with Crippen LogP contribution in [0.5, 0.6) is 11.6 Å². The molecular formula is C20H30N4O2. The van der Waals surface area contributed by atoms with Crippen LogP contribution in [0.1, 0.15) is 19.4 Å². The number of nitrogens with zero attached hydrogens (tertiary/aromatic N) is 3. The molecule has 6 heteroatoms. The van der Waals surface area contributed by atoms with Crippen molar-refractivity contribution in [3.8, 4) is 11.6 Å². The van der Waals surface area contributed by atoms with Gasteiger partial charge in [0.25, 0.3) is 0 Å². The molecular weight excluding hydrogens is 328 g/mol. The predicted octanol–water partition coefficient (Wildman–Crippen LogP) is 3.03. The van der Waals surface area contributed by atoms with Crippen molar-refractivity contribution in [3.05, 3.63) is 42.0 Å². The van der Waals surface area contributed by atoms with Gasteiger partial charge in [-0.25, -0.2) is 0 Å². The Labute approximate surface area is 156 Å². The second kappa shape index (κ2) is 9.29. The Morgan fingerprint density at radius 1 is 1.08 bits per heavy atom. The lowest BCUT2D eigenvalue weighted by molar-refractivity contribution is 0.233. The Kier molecular flexibility index (Phi) is 7.09. The highest BCUT2D eigenvalue weighted by molar-refractivity contribution is 5.63. The van der Waals surface area contributed by atoms with E-state index in [1.165, 1.54) is 0 Å². The van der Waals surface area contributed by atoms with Crippen LogP contribution in [-0.2, 0) is 6.61 Å². The minimum Gasteiger partial charge on any atom is -0.485 e. The molecule has 2 rings (SSSR count). The van der Waals surface area contributed by atoms with Crippen LogP contribution < -0.4 is 20.1 Å². The van der Waals surface area contributed by atoms with E-state index in [0.717, 1.165) is 24.5 Å². The highest BCUT2D eigenvalue weighted by Gasteiger charge is 2.17. The van der Waals surface area contributed by atoms with Crippen LogP contribution in [0.15, 0.2) is 36.4 Å². The third-order valence-corrected chi connectivity index (χ3v) is 3.79. The van der Waals surface area contributed by atoms with Gasteiger partial charge in [-0.15, -0.1) is 0 Å². The molecule has 0 saturated heterocycles. The van der Waals surface area contributed by atoms with Crippen molar-refractivity contribution in [2.45, 2.75) is 26.6 Å². The van der Waals surface area contributed by atoms with Crippen molar-refractivity contribution >= 4 is 11.5 Å². The van der Waals surface area contributed by atoms with E-state index >= 15 is 0 Å². The molecule has 0 saturated carbocycles. The SMILES string of the molecule is CC(C)Oc1nc(N(C)CCN(C)C)c(OCc2ccccc2)cc1N. The monoisotopic (exact) mass is 358 g/mol. The Hall–Kier alpha value is -2.47. The molecule has 0 aliphatic rings. The van der Waals surface area contributed by atoms with E-state index in [2.05, 4.69) is 14.8 Å². The molecule has 6 nitrogen and oxygen atoms in total. The van der Waals surface area contributed by atoms with Gasteiger partial charge in [0.1, 0.15) is 6.61 Å². The van der Waals surface area contributed by atoms with Crippen LogP contribution in [0.3, 0.4) is 0 Å². The highest BCUT2D eigenvalue weighted by atomic mass is 16.5. The number of rotatable bonds is 9. The van der Waals surface area contributed by atoms with Crippen LogP contribution in [-0.4, -0.2) is 50.2 Å². The maximum Gasteiger partial charge on any atom is 0.239 e. The zero-order valence-electron chi connectivity index (χ0n) is 16.4. The average molecular weight is 358 g/mol. The number of anilines is 2. The van der Waals surface area contributed by atoms with Gasteiger partial charge in [0, 0.05) is 26.2 Å². The number of nitrogen functional groups attached to an aromatic ring is 1. The summed E-state index contributed by atoms with van der Waals surface area (Å²) in [6.07, 6.45) is 0.000758. The highest BCUT2D eigenvalue weighted by Crippen LogP contribution is 2.34. The third kappa shape index (κ3) is 5.81. The first-order valence-electron chi connectivity index (χ1n) is 8.86. The molecule has 0 unspecified atom stereocenters. The lowest BCUT2D eigenvalue weighted by atomic mass is 10.2. The summed E-state index contributed by atoms with van der Waals surface area (Å²) < 4.78 is 11.8. The fraction of sp³-hybridized carbons (Fsp3) is 0.450. The molecule has 1 heterocycles. The molecule has 2 N–H and O–H groups in total. The molecule has 26 heavy (non-hydrogen) atoms. The van der Waals surface area contributed by atoms with E-state index in [-0.39, 0.29) is 6.10 Å². The number of likely N-dealkylation sites (N-methyl/N-ethyl adjacent to an activating group) is 2. The van der Waals surface area contributed by atoms with Crippen molar-refractivity contribution < 1.29 is 9.47 Å². The zero-order chi connectivity index (χ0) is 19.1. The molecule has 142 valence electrons. The summed E-state index contributed by atoms with van der Waals surface area (Å²) in [6.45, 7) is 6.08. The smallest absolute Gasteiger partial charge is 0.239 e. The van der Waals surface area contributed by atoms with E-state index in [1.807, 2.05) is 65.3 Å². The van der Waals surface area contributed by atoms with Gasteiger partial charge in [-0.3, -0.25) is 0 Å². The van der Waals surface area contributed by atoms with Crippen LogP contribution in [0, 0.1) is 0 Å². The molecule has 0 fully saturated rings. The standard InChI is InChI=1S/C20H30N4O2/c1-15(2)26-20-17(21)13-18(25-14-16-9-7-6-8-10-16)19(22-20)24(5)12-11-23(3)4/h6-10,13,15H,11-12,14,21H2,1-5H3. The van der Waals surface area contributed by atoms with Gasteiger partial charge in [0.15, 0.2) is 11.6 Å². The first-order chi connectivity index (χ1) is 12.4. The van der Waals surface area contributed by atoms with Crippen LogP contribution in [0.25, 0.3) is 0 Å². The van der Waals surface area contributed by atoms with Crippen molar-refractivity contribution in [2.75, 3.05) is 44.9 Å². The Balaban J connectivity index is 2.26. The molecule has 0 amide bonds. The number of ether oxygens (including phenoxy) is 2. The fourth-order valence-electron chi connectivity index (χ4n) is 2.37. The minimum atomic E-state index is 0.000758. The third-order valence-electron chi connectivity index (χ3n) is 3.79. The molecule has 2 aromatic rings. The maximum atomic E-state index is 6.14. The Bertz CT molecular complexity index is 690. The first-order valence-corrected chi connectivity index (χ1v) is 8.86. The lowest BCUT2D eigenvalue weighted by Crippen LogP contribution is -2.29.